The highest BCUT2D eigenvalue weighted by atomic mass is 16.7. The summed E-state index contributed by atoms with van der Waals surface area (Å²) in [7, 11) is 1.42. The number of nitrogens with two attached hydrogens (primary N) is 1. The third-order valence-corrected chi connectivity index (χ3v) is 2.88. The Morgan fingerprint density at radius 1 is 1.27 bits per heavy atom. The highest BCUT2D eigenvalue weighted by molar-refractivity contribution is 6.02. The minimum atomic E-state index is -1.11. The number of carbonyl (C=O) groups is 2. The number of ether oxygens (including phenoxy) is 2. The molecule has 1 aliphatic carbocycles. The molecule has 0 aromatic carbocycles. The number of methoxy groups -OCH3 is 1. The fraction of sp³-hybridized carbons (Fsp3) is 0.800. The number of hydrogen-bond acceptors (Lipinski definition) is 4. The highest BCUT2D eigenvalue weighted by Gasteiger charge is 2.46. The molecule has 1 aliphatic rings. The molecular formula is C10H17NO4. The molecule has 0 aromatic rings. The maximum absolute atomic E-state index is 11.7. The normalized spacial score (nSPS) is 19.5. The monoisotopic (exact) mass is 215 g/mol. The van der Waals surface area contributed by atoms with Gasteiger partial charge in [-0.25, -0.2) is 0 Å². The Morgan fingerprint density at radius 3 is 2.33 bits per heavy atom. The average molecular weight is 215 g/mol. The van der Waals surface area contributed by atoms with Gasteiger partial charge in [-0.15, -0.1) is 0 Å². The van der Waals surface area contributed by atoms with Gasteiger partial charge in [0.2, 0.25) is 5.91 Å². The van der Waals surface area contributed by atoms with Crippen molar-refractivity contribution in [3.63, 3.8) is 0 Å². The molecule has 0 bridgehead atoms. The lowest BCUT2D eigenvalue weighted by molar-refractivity contribution is -0.171. The molecule has 2 N–H and O–H groups in total. The average Bonchev–Trinajstić information content (AvgIpc) is 2.26. The first kappa shape index (κ1) is 12.0. The summed E-state index contributed by atoms with van der Waals surface area (Å²) >= 11 is 0. The van der Waals surface area contributed by atoms with Crippen molar-refractivity contribution in [1.29, 1.82) is 0 Å². The van der Waals surface area contributed by atoms with Gasteiger partial charge in [0, 0.05) is 7.11 Å². The van der Waals surface area contributed by atoms with Crippen LogP contribution in [0.3, 0.4) is 0 Å². The van der Waals surface area contributed by atoms with Crippen LogP contribution in [0, 0.1) is 5.41 Å². The van der Waals surface area contributed by atoms with E-state index in [9.17, 15) is 9.59 Å². The molecule has 1 fully saturated rings. The van der Waals surface area contributed by atoms with Crippen molar-refractivity contribution in [3.8, 4) is 0 Å². The molecule has 5 nitrogen and oxygen atoms in total. The molecular weight excluding hydrogens is 198 g/mol. The molecule has 0 radical (unpaired) electrons. The second-order valence-electron chi connectivity index (χ2n) is 3.85. The van der Waals surface area contributed by atoms with Gasteiger partial charge in [-0.1, -0.05) is 19.3 Å². The fourth-order valence-corrected chi connectivity index (χ4v) is 1.96. The molecule has 5 heteroatoms. The lowest BCUT2D eigenvalue weighted by atomic mass is 9.73. The second kappa shape index (κ2) is 5.11. The van der Waals surface area contributed by atoms with Crippen LogP contribution in [0.4, 0.5) is 0 Å². The molecule has 1 amide bonds. The molecule has 0 atom stereocenters. The number of amides is 1. The molecule has 1 rings (SSSR count). The van der Waals surface area contributed by atoms with Gasteiger partial charge in [0.1, 0.15) is 5.41 Å². The Labute approximate surface area is 88.9 Å². The van der Waals surface area contributed by atoms with E-state index >= 15 is 0 Å². The van der Waals surface area contributed by atoms with Crippen LogP contribution >= 0.6 is 0 Å². The molecule has 0 saturated heterocycles. The van der Waals surface area contributed by atoms with E-state index in [0.29, 0.717) is 12.8 Å². The Morgan fingerprint density at radius 2 is 1.87 bits per heavy atom. The van der Waals surface area contributed by atoms with Crippen LogP contribution in [-0.2, 0) is 19.1 Å². The standard InChI is InChI=1S/C10H17NO4/c1-14-7-15-9(13)10(8(11)12)5-3-2-4-6-10/h2-7H2,1H3,(H2,11,12). The summed E-state index contributed by atoms with van der Waals surface area (Å²) in [6.07, 6.45) is 3.69. The third-order valence-electron chi connectivity index (χ3n) is 2.88. The zero-order chi connectivity index (χ0) is 11.3. The molecule has 1 saturated carbocycles. The van der Waals surface area contributed by atoms with Gasteiger partial charge < -0.3 is 15.2 Å². The number of esters is 1. The number of hydrogen-bond donors (Lipinski definition) is 1. The zero-order valence-corrected chi connectivity index (χ0v) is 8.95. The molecule has 0 aliphatic heterocycles. The number of carbonyl (C=O) groups excluding carboxylic acids is 2. The number of rotatable bonds is 4. The third kappa shape index (κ3) is 2.47. The Kier molecular flexibility index (Phi) is 4.08. The van der Waals surface area contributed by atoms with E-state index in [2.05, 4.69) is 4.74 Å². The van der Waals surface area contributed by atoms with E-state index < -0.39 is 17.3 Å². The van der Waals surface area contributed by atoms with Crippen LogP contribution in [0.5, 0.6) is 0 Å². The van der Waals surface area contributed by atoms with E-state index in [4.69, 9.17) is 10.5 Å². The van der Waals surface area contributed by atoms with Gasteiger partial charge in [0.25, 0.3) is 0 Å². The van der Waals surface area contributed by atoms with E-state index in [1.807, 2.05) is 0 Å². The second-order valence-corrected chi connectivity index (χ2v) is 3.85. The Bertz CT molecular complexity index is 246. The smallest absolute Gasteiger partial charge is 0.323 e. The first-order valence-corrected chi connectivity index (χ1v) is 5.09. The minimum absolute atomic E-state index is 0.131. The summed E-state index contributed by atoms with van der Waals surface area (Å²) in [5.41, 5.74) is 4.18. The van der Waals surface area contributed by atoms with Crippen molar-refractivity contribution >= 4 is 11.9 Å². The lowest BCUT2D eigenvalue weighted by Crippen LogP contribution is -2.46. The van der Waals surface area contributed by atoms with E-state index in [0.717, 1.165) is 19.3 Å². The topological polar surface area (TPSA) is 78.6 Å². The molecule has 86 valence electrons. The lowest BCUT2D eigenvalue weighted by Gasteiger charge is -2.31. The van der Waals surface area contributed by atoms with E-state index in [1.165, 1.54) is 7.11 Å². The Balaban J connectivity index is 2.71. The molecule has 0 heterocycles. The van der Waals surface area contributed by atoms with Crippen LogP contribution in [0.1, 0.15) is 32.1 Å². The van der Waals surface area contributed by atoms with Gasteiger partial charge in [0.05, 0.1) is 0 Å². The van der Waals surface area contributed by atoms with Crippen LogP contribution < -0.4 is 5.73 Å². The van der Waals surface area contributed by atoms with Crippen molar-refractivity contribution in [2.75, 3.05) is 13.9 Å². The van der Waals surface area contributed by atoms with Crippen molar-refractivity contribution in [3.05, 3.63) is 0 Å². The molecule has 15 heavy (non-hydrogen) atoms. The fourth-order valence-electron chi connectivity index (χ4n) is 1.96. The maximum Gasteiger partial charge on any atom is 0.323 e. The van der Waals surface area contributed by atoms with Crippen molar-refractivity contribution in [1.82, 2.24) is 0 Å². The first-order chi connectivity index (χ1) is 7.13. The summed E-state index contributed by atoms with van der Waals surface area (Å²) in [6.45, 7) is -0.131. The zero-order valence-electron chi connectivity index (χ0n) is 8.95. The summed E-state index contributed by atoms with van der Waals surface area (Å²) < 4.78 is 9.47. The van der Waals surface area contributed by atoms with Gasteiger partial charge in [-0.05, 0) is 12.8 Å². The van der Waals surface area contributed by atoms with Gasteiger partial charge >= 0.3 is 5.97 Å². The Hall–Kier alpha value is -1.10. The molecule has 0 spiro atoms. The SMILES string of the molecule is COCOC(=O)C1(C(N)=O)CCCCC1. The minimum Gasteiger partial charge on any atom is -0.438 e. The molecule has 0 unspecified atom stereocenters. The van der Waals surface area contributed by atoms with E-state index in [1.54, 1.807) is 0 Å². The van der Waals surface area contributed by atoms with Crippen LogP contribution in [-0.4, -0.2) is 25.8 Å². The molecule has 0 aromatic heterocycles. The highest BCUT2D eigenvalue weighted by Crippen LogP contribution is 2.37. The largest absolute Gasteiger partial charge is 0.438 e. The van der Waals surface area contributed by atoms with Crippen LogP contribution in [0.15, 0.2) is 0 Å². The summed E-state index contributed by atoms with van der Waals surface area (Å²) in [6, 6.07) is 0. The predicted molar refractivity (Wildman–Crippen MR) is 52.7 cm³/mol. The maximum atomic E-state index is 11.7. The van der Waals surface area contributed by atoms with Crippen molar-refractivity contribution in [2.24, 2.45) is 11.1 Å². The first-order valence-electron chi connectivity index (χ1n) is 5.09. The van der Waals surface area contributed by atoms with Gasteiger partial charge in [-0.3, -0.25) is 9.59 Å². The quantitative estimate of drug-likeness (QED) is 0.422. The van der Waals surface area contributed by atoms with Crippen molar-refractivity contribution in [2.45, 2.75) is 32.1 Å². The van der Waals surface area contributed by atoms with E-state index in [-0.39, 0.29) is 6.79 Å². The van der Waals surface area contributed by atoms with Crippen molar-refractivity contribution < 1.29 is 19.1 Å². The summed E-state index contributed by atoms with van der Waals surface area (Å²) in [5, 5.41) is 0. The summed E-state index contributed by atoms with van der Waals surface area (Å²) in [4.78, 5) is 23.1. The predicted octanol–water partition coefficient (Wildman–Crippen LogP) is 0.569. The van der Waals surface area contributed by atoms with Gasteiger partial charge in [-0.2, -0.15) is 0 Å². The van der Waals surface area contributed by atoms with Crippen LogP contribution in [0.25, 0.3) is 0 Å². The number of primary amides is 1. The van der Waals surface area contributed by atoms with Crippen LogP contribution in [0.2, 0.25) is 0 Å². The summed E-state index contributed by atoms with van der Waals surface area (Å²) in [5.74, 6) is -1.13. The van der Waals surface area contributed by atoms with Gasteiger partial charge in [0.15, 0.2) is 6.79 Å².